The summed E-state index contributed by atoms with van der Waals surface area (Å²) in [4.78, 5) is 0. The van der Waals surface area contributed by atoms with Crippen molar-refractivity contribution in [2.75, 3.05) is 0 Å². The minimum atomic E-state index is -1.89. The Kier molecular flexibility index (Phi) is 6.70. The zero-order valence-corrected chi connectivity index (χ0v) is 14.7. The van der Waals surface area contributed by atoms with E-state index in [9.17, 15) is 0 Å². The quantitative estimate of drug-likeness (QED) is 0.687. The molecule has 0 aromatic rings. The van der Waals surface area contributed by atoms with E-state index in [0.717, 1.165) is 0 Å². The van der Waals surface area contributed by atoms with Crippen LogP contribution < -0.4 is 0 Å². The van der Waals surface area contributed by atoms with Crippen LogP contribution in [0.4, 0.5) is 0 Å². The number of hydrogen-bond acceptors (Lipinski definition) is 3. The second kappa shape index (κ2) is 6.36. The zero-order chi connectivity index (χ0) is 11.4. The highest BCUT2D eigenvalue weighted by Gasteiger charge is 2.29. The molecule has 0 amide bonds. The normalized spacial score (nSPS) is 15.2. The van der Waals surface area contributed by atoms with Crippen LogP contribution in [0.2, 0.25) is 45.8 Å². The lowest BCUT2D eigenvalue weighted by Gasteiger charge is -2.29. The van der Waals surface area contributed by atoms with Crippen LogP contribution in [0.15, 0.2) is 0 Å². The summed E-state index contributed by atoms with van der Waals surface area (Å²) in [5, 5.41) is 0. The Hall–Kier alpha value is 0.748. The van der Waals surface area contributed by atoms with Crippen LogP contribution in [-0.2, 0) is 12.3 Å². The molecule has 0 rings (SSSR count). The van der Waals surface area contributed by atoms with E-state index in [1.165, 1.54) is 0 Å². The third kappa shape index (κ3) is 8.09. The molecule has 14 heavy (non-hydrogen) atoms. The van der Waals surface area contributed by atoms with Gasteiger partial charge in [-0.25, -0.2) is 0 Å². The molecule has 3 nitrogen and oxygen atoms in total. The van der Waals surface area contributed by atoms with Gasteiger partial charge in [0.1, 0.15) is 0 Å². The Labute approximate surface area is 94.3 Å². The van der Waals surface area contributed by atoms with E-state index in [-0.39, 0.29) is 0 Å². The first-order valence-electron chi connectivity index (χ1n) is 5.05. The summed E-state index contributed by atoms with van der Waals surface area (Å²) in [7, 11) is -4.91. The summed E-state index contributed by atoms with van der Waals surface area (Å²) in [5.74, 6) is 0. The first kappa shape index (κ1) is 14.7. The molecule has 0 saturated heterocycles. The van der Waals surface area contributed by atoms with Crippen LogP contribution in [0.5, 0.6) is 0 Å². The fraction of sp³-hybridized carbons (Fsp3) is 1.00. The van der Waals surface area contributed by atoms with Gasteiger partial charge in [-0.2, -0.15) is 0 Å². The van der Waals surface area contributed by atoms with Gasteiger partial charge < -0.3 is 12.3 Å². The molecular formula is C7H23O3Si4. The van der Waals surface area contributed by atoms with E-state index in [0.29, 0.717) is 0 Å². The molecule has 0 aromatic carbocycles. The van der Waals surface area contributed by atoms with Crippen molar-refractivity contribution in [1.29, 1.82) is 0 Å². The molecule has 0 aliphatic heterocycles. The van der Waals surface area contributed by atoms with Gasteiger partial charge in [0.25, 0.3) is 9.28 Å². The van der Waals surface area contributed by atoms with Gasteiger partial charge in [-0.15, -0.1) is 0 Å². The van der Waals surface area contributed by atoms with Gasteiger partial charge in [0.05, 0.1) is 0 Å². The fourth-order valence-electron chi connectivity index (χ4n) is 1.33. The van der Waals surface area contributed by atoms with Crippen LogP contribution in [0.1, 0.15) is 0 Å². The molecular weight excluding hydrogens is 244 g/mol. The van der Waals surface area contributed by atoms with Crippen molar-refractivity contribution in [3.05, 3.63) is 0 Å². The van der Waals surface area contributed by atoms with Crippen molar-refractivity contribution in [2.45, 2.75) is 45.8 Å². The van der Waals surface area contributed by atoms with E-state index >= 15 is 0 Å². The first-order chi connectivity index (χ1) is 6.23. The third-order valence-corrected chi connectivity index (χ3v) is 12.3. The smallest absolute Gasteiger partial charge is 0.312 e. The highest BCUT2D eigenvalue weighted by atomic mass is 28.5. The molecule has 0 N–H and O–H groups in total. The van der Waals surface area contributed by atoms with Crippen LogP contribution in [-0.4, -0.2) is 35.9 Å². The van der Waals surface area contributed by atoms with E-state index in [2.05, 4.69) is 45.8 Å². The molecule has 1 unspecified atom stereocenters. The summed E-state index contributed by atoms with van der Waals surface area (Å²) < 4.78 is 17.6. The Morgan fingerprint density at radius 2 is 1.57 bits per heavy atom. The van der Waals surface area contributed by atoms with Crippen LogP contribution in [0.3, 0.4) is 0 Å². The molecule has 7 heteroatoms. The molecule has 1 radical (unpaired) electrons. The van der Waals surface area contributed by atoms with Gasteiger partial charge in [0, 0.05) is 0 Å². The largest absolute Gasteiger partial charge is 0.442 e. The van der Waals surface area contributed by atoms with Crippen molar-refractivity contribution in [3.8, 4) is 0 Å². The SMILES string of the molecule is C[Si](C)O[Si](C)(C)O[SiH](C)O[SiH](C)C. The minimum absolute atomic E-state index is 0.650. The van der Waals surface area contributed by atoms with E-state index < -0.39 is 35.9 Å². The van der Waals surface area contributed by atoms with Crippen LogP contribution in [0, 0.1) is 0 Å². The molecule has 0 aromatic heterocycles. The molecule has 1 atom stereocenters. The summed E-state index contributed by atoms with van der Waals surface area (Å²) in [6, 6.07) is 0. The Morgan fingerprint density at radius 1 is 1.07 bits per heavy atom. The molecule has 0 aliphatic carbocycles. The van der Waals surface area contributed by atoms with Gasteiger partial charge in [0.2, 0.25) is 0 Å². The Balaban J connectivity index is 3.94. The van der Waals surface area contributed by atoms with Gasteiger partial charge in [0.15, 0.2) is 18.1 Å². The summed E-state index contributed by atoms with van der Waals surface area (Å²) in [6.07, 6.45) is 0. The van der Waals surface area contributed by atoms with E-state index in [1.54, 1.807) is 0 Å². The first-order valence-corrected chi connectivity index (χ1v) is 15.2. The highest BCUT2D eigenvalue weighted by molar-refractivity contribution is 6.78. The van der Waals surface area contributed by atoms with Crippen molar-refractivity contribution >= 4 is 35.9 Å². The van der Waals surface area contributed by atoms with Gasteiger partial charge >= 0.3 is 8.56 Å². The Morgan fingerprint density at radius 3 is 1.93 bits per heavy atom. The van der Waals surface area contributed by atoms with Crippen molar-refractivity contribution in [3.63, 3.8) is 0 Å². The molecule has 0 bridgehead atoms. The van der Waals surface area contributed by atoms with Crippen molar-refractivity contribution in [2.24, 2.45) is 0 Å². The molecule has 0 aliphatic rings. The average molecular weight is 268 g/mol. The lowest BCUT2D eigenvalue weighted by molar-refractivity contribution is 0.362. The summed E-state index contributed by atoms with van der Waals surface area (Å²) in [5.41, 5.74) is 0. The second-order valence-electron chi connectivity index (χ2n) is 4.28. The standard InChI is InChI=1S/C7H23O3Si4/c1-11(2)8-13(5)10-14(6,7)9-12(3)4/h11,13H,1-7H3. The molecule has 85 valence electrons. The maximum atomic E-state index is 5.95. The topological polar surface area (TPSA) is 27.7 Å². The van der Waals surface area contributed by atoms with Crippen LogP contribution >= 0.6 is 0 Å². The zero-order valence-electron chi connectivity index (χ0n) is 10.4. The van der Waals surface area contributed by atoms with E-state index in [1.807, 2.05) is 0 Å². The Bertz CT molecular complexity index is 163. The van der Waals surface area contributed by atoms with Crippen LogP contribution in [0.25, 0.3) is 0 Å². The maximum Gasteiger partial charge on any atom is 0.312 e. The predicted octanol–water partition coefficient (Wildman–Crippen LogP) is 1.82. The highest BCUT2D eigenvalue weighted by Crippen LogP contribution is 2.10. The molecule has 0 saturated carbocycles. The monoisotopic (exact) mass is 267 g/mol. The average Bonchev–Trinajstić information content (AvgIpc) is 1.77. The predicted molar refractivity (Wildman–Crippen MR) is 70.1 cm³/mol. The number of rotatable bonds is 6. The summed E-state index contributed by atoms with van der Waals surface area (Å²) >= 11 is 0. The third-order valence-electron chi connectivity index (χ3n) is 1.36. The second-order valence-corrected chi connectivity index (χ2v) is 15.0. The molecule has 0 spiro atoms. The van der Waals surface area contributed by atoms with E-state index in [4.69, 9.17) is 12.3 Å². The van der Waals surface area contributed by atoms with Gasteiger partial charge in [-0.05, 0) is 45.8 Å². The van der Waals surface area contributed by atoms with Gasteiger partial charge in [-0.3, -0.25) is 0 Å². The minimum Gasteiger partial charge on any atom is -0.442 e. The van der Waals surface area contributed by atoms with Crippen molar-refractivity contribution in [1.82, 2.24) is 0 Å². The maximum absolute atomic E-state index is 5.95. The summed E-state index contributed by atoms with van der Waals surface area (Å²) in [6.45, 7) is 15.0. The lowest BCUT2D eigenvalue weighted by atomic mass is 11.9. The number of hydrogen-bond donors (Lipinski definition) is 0. The fourth-order valence-corrected chi connectivity index (χ4v) is 12.9. The lowest BCUT2D eigenvalue weighted by Crippen LogP contribution is -2.44. The van der Waals surface area contributed by atoms with Crippen molar-refractivity contribution < 1.29 is 12.3 Å². The molecule has 0 fully saturated rings. The molecule has 0 heterocycles. The van der Waals surface area contributed by atoms with Gasteiger partial charge in [-0.1, -0.05) is 0 Å².